The number of nitrogens with zero attached hydrogens (tertiary/aromatic N) is 4. The zero-order chi connectivity index (χ0) is 15.9. The number of rotatable bonds is 6. The van der Waals surface area contributed by atoms with Crippen LogP contribution in [0.2, 0.25) is 0 Å². The van der Waals surface area contributed by atoms with Gasteiger partial charge in [-0.3, -0.25) is 4.98 Å². The molecule has 6 nitrogen and oxygen atoms in total. The molecular weight excluding hydrogens is 278 g/mol. The number of aryl methyl sites for hydroxylation is 1. The van der Waals surface area contributed by atoms with Crippen molar-refractivity contribution in [1.82, 2.24) is 24.8 Å². The second kappa shape index (κ2) is 7.59. The van der Waals surface area contributed by atoms with Crippen LogP contribution in [0.5, 0.6) is 0 Å². The van der Waals surface area contributed by atoms with Crippen molar-refractivity contribution in [3.63, 3.8) is 0 Å². The fraction of sp³-hybridized carbons (Fsp3) is 0.438. The third kappa shape index (κ3) is 3.63. The molecule has 118 valence electrons. The second-order valence-corrected chi connectivity index (χ2v) is 5.15. The van der Waals surface area contributed by atoms with Gasteiger partial charge in [-0.1, -0.05) is 13.0 Å². The molecule has 2 amide bonds. The van der Waals surface area contributed by atoms with E-state index in [1.165, 1.54) is 0 Å². The molecule has 0 aromatic carbocycles. The minimum atomic E-state index is -0.0976. The van der Waals surface area contributed by atoms with Crippen LogP contribution in [0, 0.1) is 0 Å². The van der Waals surface area contributed by atoms with E-state index in [-0.39, 0.29) is 12.1 Å². The van der Waals surface area contributed by atoms with Gasteiger partial charge in [0, 0.05) is 32.2 Å². The van der Waals surface area contributed by atoms with Crippen molar-refractivity contribution >= 4 is 6.03 Å². The molecule has 0 spiro atoms. The van der Waals surface area contributed by atoms with Gasteiger partial charge in [-0.05, 0) is 25.0 Å². The van der Waals surface area contributed by atoms with Crippen LogP contribution in [-0.4, -0.2) is 32.5 Å². The lowest BCUT2D eigenvalue weighted by molar-refractivity contribution is 0.188. The van der Waals surface area contributed by atoms with E-state index in [9.17, 15) is 4.79 Å². The summed E-state index contributed by atoms with van der Waals surface area (Å²) in [6, 6.07) is 3.81. The maximum Gasteiger partial charge on any atom is 0.317 e. The lowest BCUT2D eigenvalue weighted by atomic mass is 10.1. The molecule has 2 aromatic rings. The van der Waals surface area contributed by atoms with Gasteiger partial charge >= 0.3 is 6.03 Å². The number of pyridine rings is 1. The van der Waals surface area contributed by atoms with E-state index in [0.29, 0.717) is 6.54 Å². The van der Waals surface area contributed by atoms with Crippen molar-refractivity contribution in [2.24, 2.45) is 0 Å². The molecule has 1 N–H and O–H groups in total. The topological polar surface area (TPSA) is 63.1 Å². The largest absolute Gasteiger partial charge is 0.333 e. The molecule has 0 radical (unpaired) electrons. The monoisotopic (exact) mass is 301 g/mol. The predicted molar refractivity (Wildman–Crippen MR) is 85.2 cm³/mol. The summed E-state index contributed by atoms with van der Waals surface area (Å²) in [7, 11) is 1.81. The first kappa shape index (κ1) is 16.0. The Morgan fingerprint density at radius 3 is 2.82 bits per heavy atom. The van der Waals surface area contributed by atoms with Crippen LogP contribution in [0.4, 0.5) is 4.79 Å². The highest BCUT2D eigenvalue weighted by atomic mass is 16.2. The van der Waals surface area contributed by atoms with E-state index in [0.717, 1.165) is 24.2 Å². The summed E-state index contributed by atoms with van der Waals surface area (Å²) in [5.74, 6) is 0. The Morgan fingerprint density at radius 1 is 1.36 bits per heavy atom. The Balaban J connectivity index is 1.99. The maximum atomic E-state index is 12.4. The highest BCUT2D eigenvalue weighted by Gasteiger charge is 2.20. The Hall–Kier alpha value is -2.37. The van der Waals surface area contributed by atoms with Crippen LogP contribution in [0.3, 0.4) is 0 Å². The Kier molecular flexibility index (Phi) is 5.52. The Morgan fingerprint density at radius 2 is 2.18 bits per heavy atom. The van der Waals surface area contributed by atoms with Crippen LogP contribution in [-0.2, 0) is 13.1 Å². The van der Waals surface area contributed by atoms with Gasteiger partial charge < -0.3 is 14.8 Å². The molecule has 1 atom stereocenters. The molecule has 6 heteroatoms. The number of amides is 2. The third-order valence-electron chi connectivity index (χ3n) is 3.80. The number of urea groups is 1. The zero-order valence-corrected chi connectivity index (χ0v) is 13.4. The van der Waals surface area contributed by atoms with Gasteiger partial charge in [0.2, 0.25) is 0 Å². The van der Waals surface area contributed by atoms with Crippen molar-refractivity contribution in [3.8, 4) is 0 Å². The summed E-state index contributed by atoms with van der Waals surface area (Å²) >= 11 is 0. The van der Waals surface area contributed by atoms with E-state index >= 15 is 0 Å². The Labute approximate surface area is 131 Å². The van der Waals surface area contributed by atoms with E-state index in [2.05, 4.69) is 29.1 Å². The van der Waals surface area contributed by atoms with Gasteiger partial charge in [0.25, 0.3) is 0 Å². The molecule has 2 heterocycles. The van der Waals surface area contributed by atoms with Gasteiger partial charge in [-0.15, -0.1) is 0 Å². The molecular formula is C16H23N5O. The average molecular weight is 301 g/mol. The number of imidazole rings is 1. The smallest absolute Gasteiger partial charge is 0.317 e. The van der Waals surface area contributed by atoms with Crippen molar-refractivity contribution < 1.29 is 4.79 Å². The highest BCUT2D eigenvalue weighted by Crippen LogP contribution is 2.21. The quantitative estimate of drug-likeness (QED) is 0.892. The van der Waals surface area contributed by atoms with E-state index < -0.39 is 0 Å². The van der Waals surface area contributed by atoms with Crippen molar-refractivity contribution in [2.75, 3.05) is 7.05 Å². The minimum Gasteiger partial charge on any atom is -0.333 e. The fourth-order valence-electron chi connectivity index (χ4n) is 2.52. The van der Waals surface area contributed by atoms with E-state index in [4.69, 9.17) is 0 Å². The first-order valence-corrected chi connectivity index (χ1v) is 7.56. The molecule has 2 aromatic heterocycles. The van der Waals surface area contributed by atoms with Gasteiger partial charge in [0.15, 0.2) is 0 Å². The molecule has 0 aliphatic heterocycles. The SMILES string of the molecule is CCC(c1cccnc1)N(C)C(=O)NCc1cncn1CC. The lowest BCUT2D eigenvalue weighted by Crippen LogP contribution is -2.39. The summed E-state index contributed by atoms with van der Waals surface area (Å²) in [6.07, 6.45) is 7.94. The fourth-order valence-corrected chi connectivity index (χ4v) is 2.52. The standard InChI is InChI=1S/C16H23N5O/c1-4-15(13-7-6-8-17-9-13)20(3)16(22)19-11-14-10-18-12-21(14)5-2/h6-10,12,15H,4-5,11H2,1-3H3,(H,19,22). The van der Waals surface area contributed by atoms with Gasteiger partial charge in [-0.25, -0.2) is 9.78 Å². The molecule has 0 saturated carbocycles. The summed E-state index contributed by atoms with van der Waals surface area (Å²) in [6.45, 7) is 5.43. The lowest BCUT2D eigenvalue weighted by Gasteiger charge is -2.27. The average Bonchev–Trinajstić information content (AvgIpc) is 3.01. The van der Waals surface area contributed by atoms with E-state index in [1.54, 1.807) is 23.6 Å². The molecule has 22 heavy (non-hydrogen) atoms. The van der Waals surface area contributed by atoms with Crippen LogP contribution < -0.4 is 5.32 Å². The molecule has 0 saturated heterocycles. The summed E-state index contributed by atoms with van der Waals surface area (Å²) < 4.78 is 2.01. The van der Waals surface area contributed by atoms with Crippen molar-refractivity contribution in [3.05, 3.63) is 48.3 Å². The third-order valence-corrected chi connectivity index (χ3v) is 3.80. The second-order valence-electron chi connectivity index (χ2n) is 5.15. The Bertz CT molecular complexity index is 596. The van der Waals surface area contributed by atoms with Gasteiger partial charge in [0.1, 0.15) is 0 Å². The van der Waals surface area contributed by atoms with Crippen molar-refractivity contribution in [2.45, 2.75) is 39.4 Å². The van der Waals surface area contributed by atoms with Crippen LogP contribution in [0.25, 0.3) is 0 Å². The predicted octanol–water partition coefficient (Wildman–Crippen LogP) is 2.59. The molecule has 1 unspecified atom stereocenters. The first-order chi connectivity index (χ1) is 10.7. The minimum absolute atomic E-state index is 0.0183. The van der Waals surface area contributed by atoms with E-state index in [1.807, 2.05) is 29.9 Å². The number of aromatic nitrogens is 3. The number of hydrogen-bond donors (Lipinski definition) is 1. The number of nitrogens with one attached hydrogen (secondary N) is 1. The molecule has 0 aliphatic carbocycles. The zero-order valence-electron chi connectivity index (χ0n) is 13.4. The highest BCUT2D eigenvalue weighted by molar-refractivity contribution is 5.74. The molecule has 0 bridgehead atoms. The maximum absolute atomic E-state index is 12.4. The van der Waals surface area contributed by atoms with Gasteiger partial charge in [0.05, 0.1) is 24.6 Å². The first-order valence-electron chi connectivity index (χ1n) is 7.56. The molecule has 0 aliphatic rings. The van der Waals surface area contributed by atoms with Crippen LogP contribution in [0.15, 0.2) is 37.1 Å². The summed E-state index contributed by atoms with van der Waals surface area (Å²) in [5, 5.41) is 2.95. The summed E-state index contributed by atoms with van der Waals surface area (Å²) in [4.78, 5) is 22.3. The van der Waals surface area contributed by atoms with Gasteiger partial charge in [-0.2, -0.15) is 0 Å². The normalized spacial score (nSPS) is 12.0. The number of hydrogen-bond acceptors (Lipinski definition) is 3. The number of carbonyl (C=O) groups is 1. The van der Waals surface area contributed by atoms with Crippen LogP contribution >= 0.6 is 0 Å². The summed E-state index contributed by atoms with van der Waals surface area (Å²) in [5.41, 5.74) is 2.04. The molecule has 0 fully saturated rings. The number of carbonyl (C=O) groups excluding carboxylic acids is 1. The van der Waals surface area contributed by atoms with Crippen molar-refractivity contribution in [1.29, 1.82) is 0 Å². The van der Waals surface area contributed by atoms with Crippen LogP contribution in [0.1, 0.15) is 37.6 Å². The molecule has 2 rings (SSSR count).